The van der Waals surface area contributed by atoms with Crippen LogP contribution in [0.2, 0.25) is 0 Å². The molecule has 2 fully saturated rings. The van der Waals surface area contributed by atoms with Crippen LogP contribution in [0.1, 0.15) is 24.6 Å². The van der Waals surface area contributed by atoms with Crippen molar-refractivity contribution in [2.24, 2.45) is 4.99 Å². The predicted octanol–water partition coefficient (Wildman–Crippen LogP) is -0.286. The highest BCUT2D eigenvalue weighted by Crippen LogP contribution is 2.48. The van der Waals surface area contributed by atoms with Gasteiger partial charge in [0.05, 0.1) is 19.5 Å². The van der Waals surface area contributed by atoms with Crippen LogP contribution >= 0.6 is 0 Å². The summed E-state index contributed by atoms with van der Waals surface area (Å²) in [4.78, 5) is 13.2. The van der Waals surface area contributed by atoms with Gasteiger partial charge in [0.15, 0.2) is 22.9 Å². The van der Waals surface area contributed by atoms with E-state index in [1.54, 1.807) is 0 Å². The highest BCUT2D eigenvalue weighted by molar-refractivity contribution is 5.68. The second kappa shape index (κ2) is 7.17. The molecule has 0 radical (unpaired) electrons. The lowest BCUT2D eigenvalue weighted by Crippen LogP contribution is -2.33. The summed E-state index contributed by atoms with van der Waals surface area (Å²) in [6, 6.07) is 10.2. The minimum atomic E-state index is -1.25. The van der Waals surface area contributed by atoms with Gasteiger partial charge >= 0.3 is 0 Å². The standard InChI is InChI=1S/C20H23N5O5/c26-8-13-15(27)16(28)19(30-13)24-10-22-14-17(24)23-11-25(29)18(14)21-9-20(6-7-20)12-4-2-1-3-5-12/h1-5,10-11,13,15-16,19,26-29H,6-9H2/t13-,15-,16-,19-/m1/s1. The fraction of sp³-hybridized carbons (Fsp3) is 0.450. The zero-order valence-electron chi connectivity index (χ0n) is 16.1. The molecule has 1 saturated heterocycles. The molecule has 0 spiro atoms. The van der Waals surface area contributed by atoms with Crippen LogP contribution in [-0.4, -0.2) is 71.3 Å². The van der Waals surface area contributed by atoms with E-state index >= 15 is 0 Å². The van der Waals surface area contributed by atoms with Crippen molar-refractivity contribution in [2.45, 2.75) is 42.8 Å². The molecular formula is C20H23N5O5. The molecule has 1 aromatic carbocycles. The van der Waals surface area contributed by atoms with E-state index in [9.17, 15) is 20.5 Å². The van der Waals surface area contributed by atoms with Gasteiger partial charge in [-0.15, -0.1) is 0 Å². The van der Waals surface area contributed by atoms with Crippen molar-refractivity contribution < 1.29 is 25.3 Å². The molecule has 0 bridgehead atoms. The number of imidazole rings is 1. The zero-order valence-corrected chi connectivity index (χ0v) is 16.1. The topological polar surface area (TPSA) is 138 Å². The fourth-order valence-electron chi connectivity index (χ4n) is 4.06. The summed E-state index contributed by atoms with van der Waals surface area (Å²) in [5.74, 6) is 0. The number of ether oxygens (including phenoxy) is 1. The van der Waals surface area contributed by atoms with Crippen molar-refractivity contribution in [1.82, 2.24) is 19.3 Å². The number of nitrogens with zero attached hydrogens (tertiary/aromatic N) is 5. The van der Waals surface area contributed by atoms with Crippen molar-refractivity contribution in [3.05, 3.63) is 54.0 Å². The van der Waals surface area contributed by atoms with Crippen LogP contribution in [0.5, 0.6) is 0 Å². The molecule has 0 unspecified atom stereocenters. The molecular weight excluding hydrogens is 390 g/mol. The zero-order chi connectivity index (χ0) is 20.9. The van der Waals surface area contributed by atoms with Gasteiger partial charge < -0.3 is 25.3 Å². The second-order valence-corrected chi connectivity index (χ2v) is 7.93. The highest BCUT2D eigenvalue weighted by atomic mass is 16.6. The van der Waals surface area contributed by atoms with Gasteiger partial charge in [-0.2, -0.15) is 4.73 Å². The van der Waals surface area contributed by atoms with Crippen LogP contribution in [0.4, 0.5) is 0 Å². The Bertz CT molecular complexity index is 1120. The van der Waals surface area contributed by atoms with Crippen LogP contribution in [0.3, 0.4) is 0 Å². The van der Waals surface area contributed by atoms with Crippen molar-refractivity contribution in [1.29, 1.82) is 0 Å². The Balaban J connectivity index is 1.52. The Kier molecular flexibility index (Phi) is 4.58. The molecule has 5 rings (SSSR count). The van der Waals surface area contributed by atoms with E-state index in [1.807, 2.05) is 18.2 Å². The molecule has 10 heteroatoms. The van der Waals surface area contributed by atoms with Crippen LogP contribution in [-0.2, 0) is 10.2 Å². The first kappa shape index (κ1) is 19.2. The first-order valence-corrected chi connectivity index (χ1v) is 9.86. The number of hydrogen-bond acceptors (Lipinski definition) is 8. The number of aliphatic hydroxyl groups excluding tert-OH is 3. The summed E-state index contributed by atoms with van der Waals surface area (Å²) in [5.41, 5.74) is 2.14. The Morgan fingerprint density at radius 1 is 1.10 bits per heavy atom. The molecule has 2 aliphatic rings. The number of rotatable bonds is 5. The van der Waals surface area contributed by atoms with E-state index in [-0.39, 0.29) is 10.9 Å². The Morgan fingerprint density at radius 3 is 2.53 bits per heavy atom. The molecule has 3 heterocycles. The van der Waals surface area contributed by atoms with Gasteiger partial charge in [-0.1, -0.05) is 30.3 Å². The SMILES string of the molecule is OC[C@H]1O[C@@H](n2cnc3c(=NCC4(c5ccccc5)CC4)n(O)cnc32)[C@H](O)[C@@H]1O. The maximum absolute atomic E-state index is 10.3. The van der Waals surface area contributed by atoms with E-state index in [0.717, 1.165) is 17.6 Å². The van der Waals surface area contributed by atoms with E-state index < -0.39 is 31.1 Å². The van der Waals surface area contributed by atoms with Gasteiger partial charge in [0, 0.05) is 5.41 Å². The van der Waals surface area contributed by atoms with Crippen molar-refractivity contribution in [3.63, 3.8) is 0 Å². The number of hydrogen-bond donors (Lipinski definition) is 4. The van der Waals surface area contributed by atoms with Crippen LogP contribution in [0, 0.1) is 0 Å². The molecule has 10 nitrogen and oxygen atoms in total. The Labute approximate surface area is 171 Å². The van der Waals surface area contributed by atoms with E-state index in [0.29, 0.717) is 17.7 Å². The molecule has 30 heavy (non-hydrogen) atoms. The minimum absolute atomic E-state index is 0.0321. The number of aromatic nitrogens is 4. The first-order chi connectivity index (χ1) is 14.5. The van der Waals surface area contributed by atoms with Crippen molar-refractivity contribution in [3.8, 4) is 0 Å². The van der Waals surface area contributed by atoms with Crippen molar-refractivity contribution in [2.75, 3.05) is 13.2 Å². The predicted molar refractivity (Wildman–Crippen MR) is 103 cm³/mol. The van der Waals surface area contributed by atoms with E-state index in [4.69, 9.17) is 4.74 Å². The summed E-state index contributed by atoms with van der Waals surface area (Å²) in [6.45, 7) is 0.0744. The smallest absolute Gasteiger partial charge is 0.195 e. The first-order valence-electron chi connectivity index (χ1n) is 9.86. The number of benzene rings is 1. The average molecular weight is 413 g/mol. The van der Waals surface area contributed by atoms with Crippen molar-refractivity contribution >= 4 is 11.2 Å². The number of fused-ring (bicyclic) bond motifs is 1. The molecule has 1 saturated carbocycles. The average Bonchev–Trinajstić information content (AvgIpc) is 3.36. The van der Waals surface area contributed by atoms with Crippen LogP contribution < -0.4 is 5.49 Å². The molecule has 0 amide bonds. The lowest BCUT2D eigenvalue weighted by atomic mass is 9.96. The van der Waals surface area contributed by atoms with Crippen LogP contribution in [0.25, 0.3) is 11.2 Å². The monoisotopic (exact) mass is 413 g/mol. The molecule has 1 aliphatic carbocycles. The van der Waals surface area contributed by atoms with Crippen LogP contribution in [0.15, 0.2) is 48.0 Å². The molecule has 1 aliphatic heterocycles. The molecule has 158 valence electrons. The summed E-state index contributed by atoms with van der Waals surface area (Å²) >= 11 is 0. The largest absolute Gasteiger partial charge is 0.425 e. The third kappa shape index (κ3) is 3.00. The van der Waals surface area contributed by atoms with Gasteiger partial charge in [-0.3, -0.25) is 9.56 Å². The molecule has 3 aromatic rings. The Hall–Kier alpha value is -2.79. The maximum Gasteiger partial charge on any atom is 0.195 e. The molecule has 2 aromatic heterocycles. The lowest BCUT2D eigenvalue weighted by Gasteiger charge is -2.16. The summed E-state index contributed by atoms with van der Waals surface area (Å²) < 4.78 is 7.88. The fourth-order valence-corrected chi connectivity index (χ4v) is 4.06. The van der Waals surface area contributed by atoms with E-state index in [1.165, 1.54) is 22.8 Å². The molecule has 4 N–H and O–H groups in total. The van der Waals surface area contributed by atoms with Gasteiger partial charge in [-0.25, -0.2) is 9.97 Å². The van der Waals surface area contributed by atoms with Gasteiger partial charge in [0.1, 0.15) is 24.6 Å². The third-order valence-electron chi connectivity index (χ3n) is 6.05. The Morgan fingerprint density at radius 2 is 1.87 bits per heavy atom. The number of aliphatic hydroxyl groups is 3. The second-order valence-electron chi connectivity index (χ2n) is 7.93. The third-order valence-corrected chi connectivity index (χ3v) is 6.05. The van der Waals surface area contributed by atoms with Gasteiger partial charge in [-0.05, 0) is 18.4 Å². The summed E-state index contributed by atoms with van der Waals surface area (Å²) in [5, 5.41) is 40.0. The lowest BCUT2D eigenvalue weighted by molar-refractivity contribution is -0.0511. The minimum Gasteiger partial charge on any atom is -0.425 e. The maximum atomic E-state index is 10.3. The van der Waals surface area contributed by atoms with Gasteiger partial charge in [0.25, 0.3) is 0 Å². The normalized spacial score (nSPS) is 28.3. The van der Waals surface area contributed by atoms with Gasteiger partial charge in [0.2, 0.25) is 0 Å². The summed E-state index contributed by atoms with van der Waals surface area (Å²) in [7, 11) is 0. The quantitative estimate of drug-likeness (QED) is 0.422. The van der Waals surface area contributed by atoms with E-state index in [2.05, 4.69) is 27.1 Å². The highest BCUT2D eigenvalue weighted by Gasteiger charge is 2.45. The summed E-state index contributed by atoms with van der Waals surface area (Å²) in [6.07, 6.45) is 0.331. The molecule has 4 atom stereocenters.